The van der Waals surface area contributed by atoms with E-state index in [0.29, 0.717) is 5.56 Å². The quantitative estimate of drug-likeness (QED) is 0.672. The predicted octanol–water partition coefficient (Wildman–Crippen LogP) is 2.14. The summed E-state index contributed by atoms with van der Waals surface area (Å²) in [5, 5.41) is 0. The Balaban J connectivity index is 0.000000200. The van der Waals surface area contributed by atoms with Gasteiger partial charge in [0.05, 0.1) is 4.90 Å². The van der Waals surface area contributed by atoms with Gasteiger partial charge in [-0.1, -0.05) is 17.7 Å². The monoisotopic (exact) mass is 279 g/mol. The summed E-state index contributed by atoms with van der Waals surface area (Å²) in [6.07, 6.45) is 3.97. The van der Waals surface area contributed by atoms with Gasteiger partial charge in [-0.15, -0.1) is 0 Å². The van der Waals surface area contributed by atoms with E-state index in [1.165, 1.54) is 12.1 Å². The summed E-state index contributed by atoms with van der Waals surface area (Å²) in [4.78, 5) is 13.6. The lowest BCUT2D eigenvalue weighted by Crippen LogP contribution is -1.96. The number of aryl methyl sites for hydroxylation is 1. The zero-order valence-electron chi connectivity index (χ0n) is 10.2. The molecule has 0 aliphatic rings. The van der Waals surface area contributed by atoms with Crippen molar-refractivity contribution in [3.8, 4) is 0 Å². The molecule has 100 valence electrons. The Kier molecular flexibility index (Phi) is 5.35. The number of benzene rings is 1. The Bertz CT molecular complexity index is 621. The Morgan fingerprint density at radius 1 is 1.05 bits per heavy atom. The molecule has 0 radical (unpaired) electrons. The molecule has 0 saturated heterocycles. The first-order chi connectivity index (χ1) is 8.93. The van der Waals surface area contributed by atoms with Crippen molar-refractivity contribution in [3.05, 3.63) is 59.9 Å². The van der Waals surface area contributed by atoms with Crippen molar-refractivity contribution in [2.45, 2.75) is 11.8 Å². The largest absolute Gasteiger partial charge is 0.298 e. The van der Waals surface area contributed by atoms with Gasteiger partial charge in [-0.25, -0.2) is 0 Å². The molecule has 0 aliphatic carbocycles. The summed E-state index contributed by atoms with van der Waals surface area (Å²) in [7, 11) is -4.02. The third-order valence-corrected chi connectivity index (χ3v) is 3.03. The number of hydrogen-bond acceptors (Lipinski definition) is 4. The first-order valence-electron chi connectivity index (χ1n) is 5.33. The fourth-order valence-corrected chi connectivity index (χ4v) is 1.63. The average Bonchev–Trinajstić information content (AvgIpc) is 2.40. The zero-order valence-corrected chi connectivity index (χ0v) is 11.0. The lowest BCUT2D eigenvalue weighted by molar-refractivity contribution is 0.112. The first-order valence-corrected chi connectivity index (χ1v) is 6.77. The molecule has 0 unspecified atom stereocenters. The van der Waals surface area contributed by atoms with Gasteiger partial charge in [0.1, 0.15) is 6.29 Å². The molecule has 0 spiro atoms. The van der Waals surface area contributed by atoms with Crippen molar-refractivity contribution < 1.29 is 17.8 Å². The Hall–Kier alpha value is -2.05. The van der Waals surface area contributed by atoms with Crippen LogP contribution in [0.25, 0.3) is 0 Å². The molecule has 1 N–H and O–H groups in total. The highest BCUT2D eigenvalue weighted by Gasteiger charge is 2.06. The maximum absolute atomic E-state index is 10.5. The molecule has 0 bridgehead atoms. The molecule has 0 atom stereocenters. The molecule has 19 heavy (non-hydrogen) atoms. The van der Waals surface area contributed by atoms with E-state index in [2.05, 4.69) is 4.98 Å². The average molecular weight is 279 g/mol. The van der Waals surface area contributed by atoms with E-state index in [4.69, 9.17) is 4.55 Å². The second-order valence-electron chi connectivity index (χ2n) is 3.69. The number of aldehydes is 1. The second kappa shape index (κ2) is 6.77. The van der Waals surface area contributed by atoms with Crippen LogP contribution in [-0.4, -0.2) is 24.2 Å². The van der Waals surface area contributed by atoms with Crippen LogP contribution in [0.1, 0.15) is 15.9 Å². The van der Waals surface area contributed by atoms with E-state index >= 15 is 0 Å². The Morgan fingerprint density at radius 2 is 1.58 bits per heavy atom. The lowest BCUT2D eigenvalue weighted by Gasteiger charge is -1.95. The lowest BCUT2D eigenvalue weighted by atomic mass is 10.2. The molecule has 0 saturated carbocycles. The summed E-state index contributed by atoms with van der Waals surface area (Å²) in [5.74, 6) is 0. The molecular weight excluding hydrogens is 266 g/mol. The van der Waals surface area contributed by atoms with Gasteiger partial charge in [-0.3, -0.25) is 14.3 Å². The molecule has 5 nitrogen and oxygen atoms in total. The van der Waals surface area contributed by atoms with Crippen LogP contribution in [0.3, 0.4) is 0 Å². The Morgan fingerprint density at radius 3 is 1.95 bits per heavy atom. The maximum atomic E-state index is 10.5. The minimum absolute atomic E-state index is 0.0666. The van der Waals surface area contributed by atoms with Crippen LogP contribution < -0.4 is 0 Å². The number of pyridine rings is 1. The molecule has 0 amide bonds. The fourth-order valence-electron chi connectivity index (χ4n) is 1.15. The predicted molar refractivity (Wildman–Crippen MR) is 70.6 cm³/mol. The number of carbonyl (C=O) groups is 1. The third kappa shape index (κ3) is 5.41. The smallest absolute Gasteiger partial charge is 0.294 e. The van der Waals surface area contributed by atoms with E-state index in [1.807, 2.05) is 6.92 Å². The number of hydrogen-bond donors (Lipinski definition) is 1. The van der Waals surface area contributed by atoms with Gasteiger partial charge in [0, 0.05) is 18.0 Å². The molecule has 6 heteroatoms. The third-order valence-electron chi connectivity index (χ3n) is 2.16. The molecule has 0 aliphatic heterocycles. The normalized spacial score (nSPS) is 10.2. The van der Waals surface area contributed by atoms with Crippen LogP contribution in [0, 0.1) is 6.92 Å². The van der Waals surface area contributed by atoms with Crippen LogP contribution in [0.4, 0.5) is 0 Å². The van der Waals surface area contributed by atoms with Gasteiger partial charge < -0.3 is 0 Å². The van der Waals surface area contributed by atoms with Crippen molar-refractivity contribution >= 4 is 16.4 Å². The van der Waals surface area contributed by atoms with E-state index in [0.717, 1.165) is 11.8 Å². The van der Waals surface area contributed by atoms with Crippen molar-refractivity contribution in [2.75, 3.05) is 0 Å². The van der Waals surface area contributed by atoms with Crippen LogP contribution >= 0.6 is 0 Å². The van der Waals surface area contributed by atoms with E-state index in [-0.39, 0.29) is 4.90 Å². The summed E-state index contributed by atoms with van der Waals surface area (Å²) in [6.45, 7) is 1.84. The summed E-state index contributed by atoms with van der Waals surface area (Å²) in [5.41, 5.74) is 1.62. The summed E-state index contributed by atoms with van der Waals surface area (Å²) in [6, 6.07) is 9.31. The highest BCUT2D eigenvalue weighted by atomic mass is 32.2. The molecule has 0 fully saturated rings. The van der Waals surface area contributed by atoms with Crippen LogP contribution in [0.15, 0.2) is 53.7 Å². The minimum Gasteiger partial charge on any atom is -0.298 e. The topological polar surface area (TPSA) is 84.3 Å². The van der Waals surface area contributed by atoms with Crippen molar-refractivity contribution in [2.24, 2.45) is 0 Å². The van der Waals surface area contributed by atoms with Crippen LogP contribution in [-0.2, 0) is 10.1 Å². The minimum atomic E-state index is -4.02. The summed E-state index contributed by atoms with van der Waals surface area (Å²) >= 11 is 0. The van der Waals surface area contributed by atoms with Gasteiger partial charge in [0.25, 0.3) is 10.1 Å². The van der Waals surface area contributed by atoms with Gasteiger partial charge in [-0.2, -0.15) is 8.42 Å². The highest BCUT2D eigenvalue weighted by Crippen LogP contribution is 2.08. The summed E-state index contributed by atoms with van der Waals surface area (Å²) < 4.78 is 29.6. The first kappa shape index (κ1) is 15.0. The molecule has 2 aromatic rings. The van der Waals surface area contributed by atoms with Crippen molar-refractivity contribution in [1.82, 2.24) is 4.98 Å². The van der Waals surface area contributed by atoms with E-state index in [9.17, 15) is 13.2 Å². The number of aromatic nitrogens is 1. The number of rotatable bonds is 2. The van der Waals surface area contributed by atoms with Gasteiger partial charge in [0.15, 0.2) is 0 Å². The fraction of sp³-hybridized carbons (Fsp3) is 0.0769. The molecule has 1 heterocycles. The standard InChI is InChI=1S/C7H8O3S.C6H5NO/c1-6-2-4-7(5-3-6)11(8,9)10;8-5-6-1-3-7-4-2-6/h2-5H,1H3,(H,8,9,10);1-5H. The van der Waals surface area contributed by atoms with E-state index in [1.54, 1.807) is 36.7 Å². The SMILES string of the molecule is Cc1ccc(S(=O)(=O)O)cc1.O=Cc1ccncc1. The highest BCUT2D eigenvalue weighted by molar-refractivity contribution is 7.85. The molecule has 1 aromatic heterocycles. The zero-order chi connectivity index (χ0) is 14.3. The van der Waals surface area contributed by atoms with Crippen molar-refractivity contribution in [3.63, 3.8) is 0 Å². The van der Waals surface area contributed by atoms with Gasteiger partial charge >= 0.3 is 0 Å². The van der Waals surface area contributed by atoms with Gasteiger partial charge in [-0.05, 0) is 31.2 Å². The van der Waals surface area contributed by atoms with Crippen LogP contribution in [0.5, 0.6) is 0 Å². The van der Waals surface area contributed by atoms with Crippen molar-refractivity contribution in [1.29, 1.82) is 0 Å². The maximum Gasteiger partial charge on any atom is 0.294 e. The van der Waals surface area contributed by atoms with Gasteiger partial charge in [0.2, 0.25) is 0 Å². The van der Waals surface area contributed by atoms with Crippen LogP contribution in [0.2, 0.25) is 0 Å². The molecular formula is C13H13NO4S. The second-order valence-corrected chi connectivity index (χ2v) is 5.11. The Labute approximate surface area is 111 Å². The molecule has 2 rings (SSSR count). The number of carbonyl (C=O) groups excluding carboxylic acids is 1. The molecule has 1 aromatic carbocycles. The number of nitrogens with zero attached hydrogens (tertiary/aromatic N) is 1. The van der Waals surface area contributed by atoms with E-state index < -0.39 is 10.1 Å².